The maximum Gasteiger partial charge on any atom is 0.304 e. The molecule has 1 heterocycles. The molecule has 2 aromatic carbocycles. The van der Waals surface area contributed by atoms with E-state index in [2.05, 4.69) is 0 Å². The van der Waals surface area contributed by atoms with Gasteiger partial charge in [0.15, 0.2) is 0 Å². The van der Waals surface area contributed by atoms with Crippen molar-refractivity contribution in [1.29, 1.82) is 0 Å². The predicted molar refractivity (Wildman–Crippen MR) is 85.0 cm³/mol. The van der Waals surface area contributed by atoms with Crippen LogP contribution in [0.2, 0.25) is 0 Å². The van der Waals surface area contributed by atoms with Gasteiger partial charge in [-0.15, -0.1) is 0 Å². The van der Waals surface area contributed by atoms with Crippen molar-refractivity contribution in [3.8, 4) is 11.5 Å². The molecule has 0 spiro atoms. The molecule has 2 aromatic rings. The molecule has 24 heavy (non-hydrogen) atoms. The SMILES string of the molecule is COc1ccc2c(c1)O[C@@](OC)(c1ccccc1)[C@](O)(OC)C2=O. The van der Waals surface area contributed by atoms with Crippen LogP contribution in [0.15, 0.2) is 48.5 Å². The molecule has 0 bridgehead atoms. The fourth-order valence-corrected chi connectivity index (χ4v) is 2.89. The smallest absolute Gasteiger partial charge is 0.304 e. The Labute approximate surface area is 139 Å². The van der Waals surface area contributed by atoms with Crippen molar-refractivity contribution >= 4 is 5.78 Å². The molecule has 0 amide bonds. The summed E-state index contributed by atoms with van der Waals surface area (Å²) < 4.78 is 21.9. The van der Waals surface area contributed by atoms with Crippen molar-refractivity contribution in [2.24, 2.45) is 0 Å². The molecule has 0 unspecified atom stereocenters. The van der Waals surface area contributed by atoms with E-state index in [1.165, 1.54) is 27.4 Å². The number of hydrogen-bond acceptors (Lipinski definition) is 6. The summed E-state index contributed by atoms with van der Waals surface area (Å²) in [6, 6.07) is 13.4. The topological polar surface area (TPSA) is 74.2 Å². The number of carbonyl (C=O) groups excluding carboxylic acids is 1. The van der Waals surface area contributed by atoms with E-state index in [0.717, 1.165) is 0 Å². The van der Waals surface area contributed by atoms with Gasteiger partial charge < -0.3 is 24.1 Å². The molecule has 0 fully saturated rings. The first-order chi connectivity index (χ1) is 11.5. The molecule has 6 nitrogen and oxygen atoms in total. The van der Waals surface area contributed by atoms with E-state index in [1.807, 2.05) is 0 Å². The Bertz CT molecular complexity index is 759. The first kappa shape index (κ1) is 16.4. The third-order valence-corrected chi connectivity index (χ3v) is 4.18. The highest BCUT2D eigenvalue weighted by Crippen LogP contribution is 2.47. The number of Topliss-reactive ketones (excluding diaryl/α,β-unsaturated/α-hetero) is 1. The minimum Gasteiger partial charge on any atom is -0.497 e. The van der Waals surface area contributed by atoms with E-state index in [0.29, 0.717) is 11.3 Å². The number of benzene rings is 2. The van der Waals surface area contributed by atoms with Crippen LogP contribution in [0.3, 0.4) is 0 Å². The maximum absolute atomic E-state index is 12.9. The number of hydrogen-bond donors (Lipinski definition) is 1. The Kier molecular flexibility index (Phi) is 4.04. The molecule has 0 saturated heterocycles. The van der Waals surface area contributed by atoms with Gasteiger partial charge in [0, 0.05) is 25.8 Å². The summed E-state index contributed by atoms with van der Waals surface area (Å²) in [6.07, 6.45) is 0. The Hall–Kier alpha value is -2.41. The average molecular weight is 330 g/mol. The zero-order chi connectivity index (χ0) is 17.4. The van der Waals surface area contributed by atoms with Crippen molar-refractivity contribution in [2.75, 3.05) is 21.3 Å². The second kappa shape index (κ2) is 5.90. The van der Waals surface area contributed by atoms with Crippen LogP contribution >= 0.6 is 0 Å². The van der Waals surface area contributed by atoms with Crippen LogP contribution in [0.4, 0.5) is 0 Å². The van der Waals surface area contributed by atoms with Crippen molar-refractivity contribution < 1.29 is 28.8 Å². The zero-order valence-electron chi connectivity index (χ0n) is 13.6. The van der Waals surface area contributed by atoms with Gasteiger partial charge in [0.2, 0.25) is 5.78 Å². The van der Waals surface area contributed by atoms with E-state index < -0.39 is 17.4 Å². The highest BCUT2D eigenvalue weighted by molar-refractivity contribution is 6.05. The third kappa shape index (κ3) is 2.11. The summed E-state index contributed by atoms with van der Waals surface area (Å²) in [5.74, 6) is -4.08. The van der Waals surface area contributed by atoms with Gasteiger partial charge in [-0.3, -0.25) is 4.79 Å². The number of carbonyl (C=O) groups is 1. The van der Waals surface area contributed by atoms with Gasteiger partial charge in [0.05, 0.1) is 12.7 Å². The Balaban J connectivity index is 2.26. The van der Waals surface area contributed by atoms with Crippen LogP contribution in [0, 0.1) is 0 Å². The average Bonchev–Trinajstić information content (AvgIpc) is 2.64. The van der Waals surface area contributed by atoms with E-state index in [1.54, 1.807) is 42.5 Å². The minimum atomic E-state index is -2.34. The number of fused-ring (bicyclic) bond motifs is 1. The summed E-state index contributed by atoms with van der Waals surface area (Å²) in [7, 11) is 4.08. The molecule has 2 atom stereocenters. The molecule has 6 heteroatoms. The van der Waals surface area contributed by atoms with Crippen LogP contribution in [-0.4, -0.2) is 38.0 Å². The van der Waals surface area contributed by atoms with E-state index in [9.17, 15) is 9.90 Å². The van der Waals surface area contributed by atoms with Gasteiger partial charge in [-0.05, 0) is 12.1 Å². The summed E-state index contributed by atoms with van der Waals surface area (Å²) >= 11 is 0. The lowest BCUT2D eigenvalue weighted by Gasteiger charge is -2.46. The lowest BCUT2D eigenvalue weighted by Crippen LogP contribution is -2.64. The number of ketones is 1. The van der Waals surface area contributed by atoms with Crippen LogP contribution < -0.4 is 9.47 Å². The van der Waals surface area contributed by atoms with Gasteiger partial charge in [-0.25, -0.2) is 0 Å². The summed E-state index contributed by atoms with van der Waals surface area (Å²) in [5.41, 5.74) is 0.627. The normalized spacial score (nSPS) is 25.8. The second-order valence-corrected chi connectivity index (χ2v) is 5.33. The van der Waals surface area contributed by atoms with Crippen molar-refractivity contribution in [3.05, 3.63) is 59.7 Å². The summed E-state index contributed by atoms with van der Waals surface area (Å²) in [6.45, 7) is 0. The van der Waals surface area contributed by atoms with Crippen LogP contribution in [0.1, 0.15) is 15.9 Å². The molecule has 0 saturated carbocycles. The van der Waals surface area contributed by atoms with Crippen molar-refractivity contribution in [1.82, 2.24) is 0 Å². The molecule has 1 aliphatic heterocycles. The Morgan fingerprint density at radius 2 is 1.71 bits per heavy atom. The molecule has 0 aromatic heterocycles. The number of ether oxygens (including phenoxy) is 4. The maximum atomic E-state index is 12.9. The molecule has 1 N–H and O–H groups in total. The molecular weight excluding hydrogens is 312 g/mol. The zero-order valence-corrected chi connectivity index (χ0v) is 13.6. The largest absolute Gasteiger partial charge is 0.497 e. The summed E-state index contributed by atoms with van der Waals surface area (Å²) in [5, 5.41) is 11.0. The van der Waals surface area contributed by atoms with Gasteiger partial charge in [-0.1, -0.05) is 30.3 Å². The standard InChI is InChI=1S/C18H18O6/c1-21-13-9-10-14-15(11-13)24-18(23-3,12-7-5-4-6-8-12)17(20,22-2)16(14)19/h4-11,20H,1-3H3/t17-,18+/m1/s1. The Morgan fingerprint density at radius 3 is 2.29 bits per heavy atom. The molecule has 3 rings (SSSR count). The lowest BCUT2D eigenvalue weighted by molar-refractivity contribution is -0.346. The van der Waals surface area contributed by atoms with Gasteiger partial charge in [0.25, 0.3) is 5.79 Å². The first-order valence-electron chi connectivity index (χ1n) is 7.32. The van der Waals surface area contributed by atoms with Gasteiger partial charge in [0.1, 0.15) is 11.5 Å². The number of methoxy groups -OCH3 is 3. The fourth-order valence-electron chi connectivity index (χ4n) is 2.89. The van der Waals surface area contributed by atoms with E-state index >= 15 is 0 Å². The molecule has 0 aliphatic carbocycles. The van der Waals surface area contributed by atoms with Crippen LogP contribution in [0.25, 0.3) is 0 Å². The van der Waals surface area contributed by atoms with Crippen LogP contribution in [0.5, 0.6) is 11.5 Å². The van der Waals surface area contributed by atoms with Crippen LogP contribution in [-0.2, 0) is 15.3 Å². The summed E-state index contributed by atoms with van der Waals surface area (Å²) in [4.78, 5) is 12.9. The quantitative estimate of drug-likeness (QED) is 0.866. The molecule has 1 aliphatic rings. The number of rotatable bonds is 4. The lowest BCUT2D eigenvalue weighted by atomic mass is 9.86. The molecule has 0 radical (unpaired) electrons. The van der Waals surface area contributed by atoms with Crippen molar-refractivity contribution in [2.45, 2.75) is 11.6 Å². The minimum absolute atomic E-state index is 0.184. The second-order valence-electron chi connectivity index (χ2n) is 5.33. The van der Waals surface area contributed by atoms with E-state index in [4.69, 9.17) is 18.9 Å². The third-order valence-electron chi connectivity index (χ3n) is 4.18. The monoisotopic (exact) mass is 330 g/mol. The van der Waals surface area contributed by atoms with E-state index in [-0.39, 0.29) is 11.3 Å². The van der Waals surface area contributed by atoms with Crippen molar-refractivity contribution in [3.63, 3.8) is 0 Å². The highest BCUT2D eigenvalue weighted by Gasteiger charge is 2.64. The molecule has 126 valence electrons. The highest BCUT2D eigenvalue weighted by atomic mass is 16.8. The first-order valence-corrected chi connectivity index (χ1v) is 7.32. The van der Waals surface area contributed by atoms with Gasteiger partial charge in [-0.2, -0.15) is 0 Å². The van der Waals surface area contributed by atoms with Gasteiger partial charge >= 0.3 is 5.79 Å². The molecular formula is C18H18O6. The Morgan fingerprint density at radius 1 is 1.00 bits per heavy atom. The predicted octanol–water partition coefficient (Wildman–Crippen LogP) is 2.10. The number of aliphatic hydroxyl groups is 1. The fraction of sp³-hybridized carbons (Fsp3) is 0.278.